The Kier molecular flexibility index (Phi) is 4.77. The van der Waals surface area contributed by atoms with Crippen LogP contribution >= 0.6 is 11.8 Å². The summed E-state index contributed by atoms with van der Waals surface area (Å²) in [5.41, 5.74) is 1.11. The van der Waals surface area contributed by atoms with Crippen LogP contribution in [0.3, 0.4) is 0 Å². The standard InChI is InChI=1S/C15H19NO4S/c1-9-4-6-12(7-5-9)20-10(2)14(17)16-11(3)21-8-13(16)15(18)19/h4-7,10-11,13H,8H2,1-3H3,(H,18,19). The van der Waals surface area contributed by atoms with Crippen LogP contribution in [0.5, 0.6) is 5.75 Å². The highest BCUT2D eigenvalue weighted by molar-refractivity contribution is 8.00. The zero-order chi connectivity index (χ0) is 15.6. The molecule has 1 aromatic carbocycles. The molecule has 0 aromatic heterocycles. The zero-order valence-corrected chi connectivity index (χ0v) is 13.1. The van der Waals surface area contributed by atoms with E-state index in [4.69, 9.17) is 4.74 Å². The van der Waals surface area contributed by atoms with Gasteiger partial charge in [0.25, 0.3) is 5.91 Å². The molecule has 1 heterocycles. The third-order valence-corrected chi connectivity index (χ3v) is 4.66. The van der Waals surface area contributed by atoms with E-state index in [2.05, 4.69) is 0 Å². The number of carbonyl (C=O) groups excluding carboxylic acids is 1. The Morgan fingerprint density at radius 2 is 2.00 bits per heavy atom. The van der Waals surface area contributed by atoms with Gasteiger partial charge in [-0.3, -0.25) is 4.79 Å². The summed E-state index contributed by atoms with van der Waals surface area (Å²) in [6.45, 7) is 5.46. The van der Waals surface area contributed by atoms with Gasteiger partial charge >= 0.3 is 5.97 Å². The number of nitrogens with zero attached hydrogens (tertiary/aromatic N) is 1. The van der Waals surface area contributed by atoms with Crippen LogP contribution in [0.4, 0.5) is 0 Å². The van der Waals surface area contributed by atoms with Crippen LogP contribution in [0.25, 0.3) is 0 Å². The average Bonchev–Trinajstić information content (AvgIpc) is 2.82. The molecule has 5 nitrogen and oxygen atoms in total. The number of carboxylic acids is 1. The van der Waals surface area contributed by atoms with Gasteiger partial charge in [-0.05, 0) is 32.9 Å². The highest BCUT2D eigenvalue weighted by atomic mass is 32.2. The fraction of sp³-hybridized carbons (Fsp3) is 0.467. The summed E-state index contributed by atoms with van der Waals surface area (Å²) in [6, 6.07) is 6.63. The van der Waals surface area contributed by atoms with E-state index in [-0.39, 0.29) is 11.3 Å². The molecule has 1 aliphatic rings. The first kappa shape index (κ1) is 15.7. The van der Waals surface area contributed by atoms with Crippen molar-refractivity contribution in [2.75, 3.05) is 5.75 Å². The number of amides is 1. The van der Waals surface area contributed by atoms with E-state index in [1.54, 1.807) is 19.1 Å². The molecule has 1 amide bonds. The Hall–Kier alpha value is -1.69. The quantitative estimate of drug-likeness (QED) is 0.923. The number of carboxylic acid groups (broad SMARTS) is 1. The topological polar surface area (TPSA) is 66.8 Å². The molecule has 2 rings (SSSR count). The summed E-state index contributed by atoms with van der Waals surface area (Å²) in [5, 5.41) is 9.05. The van der Waals surface area contributed by atoms with Crippen LogP contribution in [0.15, 0.2) is 24.3 Å². The Morgan fingerprint density at radius 3 is 2.57 bits per heavy atom. The lowest BCUT2D eigenvalue weighted by Crippen LogP contribution is -2.49. The Balaban J connectivity index is 2.07. The average molecular weight is 309 g/mol. The largest absolute Gasteiger partial charge is 0.481 e. The van der Waals surface area contributed by atoms with Crippen LogP contribution < -0.4 is 4.74 Å². The number of hydrogen-bond acceptors (Lipinski definition) is 4. The number of carbonyl (C=O) groups is 2. The van der Waals surface area contributed by atoms with Gasteiger partial charge in [0.1, 0.15) is 11.8 Å². The molecule has 1 N–H and O–H groups in total. The molecule has 3 atom stereocenters. The maximum absolute atomic E-state index is 12.5. The molecular formula is C15H19NO4S. The summed E-state index contributed by atoms with van der Waals surface area (Å²) in [7, 11) is 0. The summed E-state index contributed by atoms with van der Waals surface area (Å²) in [5.74, 6) is -0.240. The fourth-order valence-corrected chi connectivity index (χ4v) is 3.42. The maximum Gasteiger partial charge on any atom is 0.327 e. The number of aliphatic carboxylic acids is 1. The van der Waals surface area contributed by atoms with Crippen molar-refractivity contribution in [2.45, 2.75) is 38.3 Å². The van der Waals surface area contributed by atoms with Gasteiger partial charge in [-0.2, -0.15) is 0 Å². The fourth-order valence-electron chi connectivity index (χ4n) is 2.25. The minimum Gasteiger partial charge on any atom is -0.481 e. The van der Waals surface area contributed by atoms with Crippen molar-refractivity contribution in [3.8, 4) is 5.75 Å². The van der Waals surface area contributed by atoms with Gasteiger partial charge in [0.05, 0.1) is 5.37 Å². The molecule has 0 aliphatic carbocycles. The van der Waals surface area contributed by atoms with E-state index in [1.165, 1.54) is 16.7 Å². The highest BCUT2D eigenvalue weighted by Crippen LogP contribution is 2.30. The second-order valence-corrected chi connectivity index (χ2v) is 6.45. The molecule has 1 saturated heterocycles. The first-order valence-corrected chi connectivity index (χ1v) is 7.85. The molecule has 0 bridgehead atoms. The van der Waals surface area contributed by atoms with Crippen molar-refractivity contribution in [3.63, 3.8) is 0 Å². The van der Waals surface area contributed by atoms with Crippen molar-refractivity contribution in [3.05, 3.63) is 29.8 Å². The molecule has 1 fully saturated rings. The monoisotopic (exact) mass is 309 g/mol. The molecule has 1 aromatic rings. The van der Waals surface area contributed by atoms with Crippen molar-refractivity contribution in [1.82, 2.24) is 4.90 Å². The molecular weight excluding hydrogens is 290 g/mol. The highest BCUT2D eigenvalue weighted by Gasteiger charge is 2.41. The lowest BCUT2D eigenvalue weighted by atomic mass is 10.2. The number of benzene rings is 1. The molecule has 3 unspecified atom stereocenters. The summed E-state index contributed by atoms with van der Waals surface area (Å²) in [4.78, 5) is 25.1. The first-order chi connectivity index (χ1) is 9.90. The second kappa shape index (κ2) is 6.39. The Labute approximate surface area is 128 Å². The first-order valence-electron chi connectivity index (χ1n) is 6.80. The van der Waals surface area contributed by atoms with Crippen LogP contribution in [0, 0.1) is 6.92 Å². The van der Waals surface area contributed by atoms with Crippen LogP contribution in [-0.4, -0.2) is 45.2 Å². The number of rotatable bonds is 4. The van der Waals surface area contributed by atoms with E-state index >= 15 is 0 Å². The molecule has 6 heteroatoms. The SMILES string of the molecule is Cc1ccc(OC(C)C(=O)N2C(C)SCC2C(=O)O)cc1. The van der Waals surface area contributed by atoms with E-state index < -0.39 is 18.1 Å². The van der Waals surface area contributed by atoms with Gasteiger partial charge in [0.15, 0.2) is 6.10 Å². The van der Waals surface area contributed by atoms with Gasteiger partial charge in [-0.25, -0.2) is 4.79 Å². The summed E-state index contributed by atoms with van der Waals surface area (Å²) < 4.78 is 5.63. The molecule has 1 aliphatic heterocycles. The van der Waals surface area contributed by atoms with Crippen molar-refractivity contribution >= 4 is 23.6 Å². The van der Waals surface area contributed by atoms with Gasteiger partial charge in [0.2, 0.25) is 0 Å². The van der Waals surface area contributed by atoms with E-state index in [0.29, 0.717) is 11.5 Å². The smallest absolute Gasteiger partial charge is 0.327 e. The normalized spacial score (nSPS) is 22.9. The third kappa shape index (κ3) is 3.50. The predicted octanol–water partition coefficient (Wildman–Crippen LogP) is 2.14. The molecule has 0 saturated carbocycles. The molecule has 0 radical (unpaired) electrons. The number of aryl methyl sites for hydroxylation is 1. The van der Waals surface area contributed by atoms with E-state index in [9.17, 15) is 14.7 Å². The number of hydrogen-bond donors (Lipinski definition) is 1. The summed E-state index contributed by atoms with van der Waals surface area (Å²) in [6.07, 6.45) is -0.712. The predicted molar refractivity (Wildman–Crippen MR) is 81.5 cm³/mol. The molecule has 0 spiro atoms. The maximum atomic E-state index is 12.5. The van der Waals surface area contributed by atoms with Gasteiger partial charge < -0.3 is 14.7 Å². The molecule has 21 heavy (non-hydrogen) atoms. The van der Waals surface area contributed by atoms with Crippen LogP contribution in [-0.2, 0) is 9.59 Å². The Morgan fingerprint density at radius 1 is 1.38 bits per heavy atom. The lowest BCUT2D eigenvalue weighted by molar-refractivity contribution is -0.151. The van der Waals surface area contributed by atoms with Gasteiger partial charge in [-0.1, -0.05) is 17.7 Å². The minimum atomic E-state index is -0.970. The number of ether oxygens (including phenoxy) is 1. The van der Waals surface area contributed by atoms with E-state index in [1.807, 2.05) is 26.0 Å². The second-order valence-electron chi connectivity index (χ2n) is 5.11. The van der Waals surface area contributed by atoms with Gasteiger partial charge in [0, 0.05) is 5.75 Å². The Bertz CT molecular complexity index is 531. The summed E-state index contributed by atoms with van der Waals surface area (Å²) >= 11 is 1.46. The minimum absolute atomic E-state index is 0.150. The zero-order valence-electron chi connectivity index (χ0n) is 12.3. The van der Waals surface area contributed by atoms with Crippen LogP contribution in [0.2, 0.25) is 0 Å². The number of thioether (sulfide) groups is 1. The lowest BCUT2D eigenvalue weighted by Gasteiger charge is -2.28. The van der Waals surface area contributed by atoms with Gasteiger partial charge in [-0.15, -0.1) is 11.8 Å². The van der Waals surface area contributed by atoms with E-state index in [0.717, 1.165) is 5.56 Å². The van der Waals surface area contributed by atoms with Crippen molar-refractivity contribution in [2.24, 2.45) is 0 Å². The molecule has 114 valence electrons. The third-order valence-electron chi connectivity index (χ3n) is 3.44. The van der Waals surface area contributed by atoms with Crippen molar-refractivity contribution in [1.29, 1.82) is 0 Å². The van der Waals surface area contributed by atoms with Crippen molar-refractivity contribution < 1.29 is 19.4 Å². The van der Waals surface area contributed by atoms with Crippen LogP contribution in [0.1, 0.15) is 19.4 Å².